The zero-order chi connectivity index (χ0) is 17.2. The molecule has 8 nitrogen and oxygen atoms in total. The van der Waals surface area contributed by atoms with E-state index < -0.39 is 0 Å². The van der Waals surface area contributed by atoms with Gasteiger partial charge in [0.2, 0.25) is 0 Å². The molecule has 2 fully saturated rings. The van der Waals surface area contributed by atoms with E-state index in [4.69, 9.17) is 4.52 Å². The molecule has 0 saturated carbocycles. The number of rotatable bonds is 3. The molecule has 0 atom stereocenters. The second kappa shape index (κ2) is 6.70. The Morgan fingerprint density at radius 3 is 2.24 bits per heavy atom. The first kappa shape index (κ1) is 15.9. The molecule has 0 aliphatic carbocycles. The predicted octanol–water partition coefficient (Wildman–Crippen LogP) is 1.34. The van der Waals surface area contributed by atoms with Crippen LogP contribution < -0.4 is 9.80 Å². The molecule has 4 rings (SSSR count). The molecule has 132 valence electrons. The summed E-state index contributed by atoms with van der Waals surface area (Å²) >= 11 is 0. The molecule has 0 N–H and O–H groups in total. The van der Waals surface area contributed by atoms with Crippen molar-refractivity contribution >= 4 is 17.5 Å². The van der Waals surface area contributed by atoms with Gasteiger partial charge in [0.15, 0.2) is 0 Å². The van der Waals surface area contributed by atoms with Crippen molar-refractivity contribution in [2.75, 3.05) is 49.1 Å². The molecule has 2 saturated heterocycles. The maximum Gasteiger partial charge on any atom is 0.259 e. The van der Waals surface area contributed by atoms with Gasteiger partial charge in [0.1, 0.15) is 29.3 Å². The highest BCUT2D eigenvalue weighted by molar-refractivity contribution is 5.94. The van der Waals surface area contributed by atoms with E-state index in [9.17, 15) is 4.79 Å². The number of aryl methyl sites for hydroxylation is 1. The van der Waals surface area contributed by atoms with Crippen molar-refractivity contribution in [3.63, 3.8) is 0 Å². The van der Waals surface area contributed by atoms with Crippen LogP contribution in [0.25, 0.3) is 0 Å². The number of amides is 1. The molecule has 8 heteroatoms. The van der Waals surface area contributed by atoms with Crippen molar-refractivity contribution in [1.29, 1.82) is 0 Å². The van der Waals surface area contributed by atoms with Crippen LogP contribution in [0, 0.1) is 6.92 Å². The van der Waals surface area contributed by atoms with Crippen molar-refractivity contribution in [1.82, 2.24) is 20.0 Å². The smallest absolute Gasteiger partial charge is 0.259 e. The number of carbonyl (C=O) groups excluding carboxylic acids is 1. The molecule has 2 aromatic heterocycles. The van der Waals surface area contributed by atoms with Gasteiger partial charge in [-0.2, -0.15) is 0 Å². The van der Waals surface area contributed by atoms with Crippen molar-refractivity contribution in [3.8, 4) is 0 Å². The Hall–Kier alpha value is -2.64. The summed E-state index contributed by atoms with van der Waals surface area (Å²) in [6.45, 7) is 6.73. The van der Waals surface area contributed by atoms with E-state index in [0.29, 0.717) is 24.4 Å². The zero-order valence-electron chi connectivity index (χ0n) is 14.4. The highest BCUT2D eigenvalue weighted by Gasteiger charge is 2.25. The number of piperazine rings is 1. The monoisotopic (exact) mass is 342 g/mol. The van der Waals surface area contributed by atoms with Gasteiger partial charge in [0, 0.05) is 45.3 Å². The van der Waals surface area contributed by atoms with Crippen LogP contribution >= 0.6 is 0 Å². The van der Waals surface area contributed by atoms with E-state index in [1.54, 1.807) is 13.3 Å². The van der Waals surface area contributed by atoms with Gasteiger partial charge in [-0.1, -0.05) is 5.16 Å². The molecule has 0 spiro atoms. The molecule has 1 amide bonds. The Morgan fingerprint density at radius 2 is 1.64 bits per heavy atom. The highest BCUT2D eigenvalue weighted by atomic mass is 16.5. The van der Waals surface area contributed by atoms with Crippen molar-refractivity contribution in [2.24, 2.45) is 0 Å². The van der Waals surface area contributed by atoms with Gasteiger partial charge in [-0.3, -0.25) is 4.79 Å². The van der Waals surface area contributed by atoms with Crippen LogP contribution in [-0.2, 0) is 0 Å². The Labute approximate surface area is 146 Å². The summed E-state index contributed by atoms with van der Waals surface area (Å²) in [4.78, 5) is 27.7. The van der Waals surface area contributed by atoms with Crippen LogP contribution in [0.15, 0.2) is 23.1 Å². The number of hydrogen-bond acceptors (Lipinski definition) is 7. The zero-order valence-corrected chi connectivity index (χ0v) is 14.4. The van der Waals surface area contributed by atoms with Gasteiger partial charge in [0.05, 0.1) is 6.20 Å². The summed E-state index contributed by atoms with van der Waals surface area (Å²) in [5.74, 6) is 2.49. The first-order valence-corrected chi connectivity index (χ1v) is 8.75. The number of aromatic nitrogens is 3. The number of carbonyl (C=O) groups is 1. The molecule has 2 aromatic rings. The first-order valence-electron chi connectivity index (χ1n) is 8.75. The Bertz CT molecular complexity index is 747. The van der Waals surface area contributed by atoms with E-state index in [2.05, 4.69) is 31.0 Å². The number of anilines is 2. The second-order valence-electron chi connectivity index (χ2n) is 6.50. The normalized spacial score (nSPS) is 18.0. The van der Waals surface area contributed by atoms with Gasteiger partial charge < -0.3 is 19.2 Å². The fraction of sp³-hybridized carbons (Fsp3) is 0.529. The SMILES string of the molecule is Cc1oncc1C(=O)N1CCN(c2cc(N3CCCC3)ncn2)CC1. The van der Waals surface area contributed by atoms with E-state index in [1.807, 2.05) is 4.90 Å². The molecule has 2 aliphatic heterocycles. The lowest BCUT2D eigenvalue weighted by molar-refractivity contribution is 0.0744. The maximum absolute atomic E-state index is 12.5. The molecule has 2 aliphatic rings. The number of hydrogen-bond donors (Lipinski definition) is 0. The third kappa shape index (κ3) is 3.16. The van der Waals surface area contributed by atoms with Crippen LogP contribution in [0.4, 0.5) is 11.6 Å². The lowest BCUT2D eigenvalue weighted by Gasteiger charge is -2.35. The molecular formula is C17H22N6O2. The molecule has 4 heterocycles. The minimum atomic E-state index is -0.0150. The lowest BCUT2D eigenvalue weighted by atomic mass is 10.2. The Kier molecular flexibility index (Phi) is 4.25. The molecule has 25 heavy (non-hydrogen) atoms. The lowest BCUT2D eigenvalue weighted by Crippen LogP contribution is -2.49. The quantitative estimate of drug-likeness (QED) is 0.833. The van der Waals surface area contributed by atoms with Crippen LogP contribution in [-0.4, -0.2) is 65.2 Å². The average Bonchev–Trinajstić information content (AvgIpc) is 3.33. The second-order valence-corrected chi connectivity index (χ2v) is 6.50. The van der Waals surface area contributed by atoms with Gasteiger partial charge in [0.25, 0.3) is 5.91 Å². The summed E-state index contributed by atoms with van der Waals surface area (Å²) in [7, 11) is 0. The van der Waals surface area contributed by atoms with Crippen LogP contribution in [0.3, 0.4) is 0 Å². The molecule has 0 aromatic carbocycles. The third-order valence-electron chi connectivity index (χ3n) is 4.94. The molecule has 0 unspecified atom stereocenters. The van der Waals surface area contributed by atoms with Gasteiger partial charge in [-0.15, -0.1) is 0 Å². The summed E-state index contributed by atoms with van der Waals surface area (Å²) in [6.07, 6.45) is 5.59. The van der Waals surface area contributed by atoms with Crippen molar-refractivity contribution in [2.45, 2.75) is 19.8 Å². The fourth-order valence-electron chi connectivity index (χ4n) is 3.44. The minimum Gasteiger partial charge on any atom is -0.361 e. The van der Waals surface area contributed by atoms with Crippen LogP contribution in [0.5, 0.6) is 0 Å². The maximum atomic E-state index is 12.5. The molecule has 0 radical (unpaired) electrons. The van der Waals surface area contributed by atoms with Crippen molar-refractivity contribution in [3.05, 3.63) is 29.9 Å². The summed E-state index contributed by atoms with van der Waals surface area (Å²) in [5, 5.41) is 3.69. The van der Waals surface area contributed by atoms with E-state index >= 15 is 0 Å². The fourth-order valence-corrected chi connectivity index (χ4v) is 3.44. The summed E-state index contributed by atoms with van der Waals surface area (Å²) in [5.41, 5.74) is 0.548. The minimum absolute atomic E-state index is 0.0150. The standard InChI is InChI=1S/C17H22N6O2/c1-13-14(11-20-25-13)17(24)23-8-6-22(7-9-23)16-10-15(18-12-19-16)21-4-2-3-5-21/h10-12H,2-9H2,1H3. The predicted molar refractivity (Wildman–Crippen MR) is 92.8 cm³/mol. The Balaban J connectivity index is 1.41. The van der Waals surface area contributed by atoms with Crippen LogP contribution in [0.2, 0.25) is 0 Å². The van der Waals surface area contributed by atoms with Crippen molar-refractivity contribution < 1.29 is 9.32 Å². The molecule has 0 bridgehead atoms. The van der Waals surface area contributed by atoms with E-state index in [-0.39, 0.29) is 5.91 Å². The van der Waals surface area contributed by atoms with Gasteiger partial charge >= 0.3 is 0 Å². The summed E-state index contributed by atoms with van der Waals surface area (Å²) < 4.78 is 5.00. The summed E-state index contributed by atoms with van der Waals surface area (Å²) in [6, 6.07) is 2.06. The average molecular weight is 342 g/mol. The van der Waals surface area contributed by atoms with Gasteiger partial charge in [-0.25, -0.2) is 9.97 Å². The first-order chi connectivity index (χ1) is 12.2. The highest BCUT2D eigenvalue weighted by Crippen LogP contribution is 2.22. The Morgan fingerprint density at radius 1 is 1.00 bits per heavy atom. The molecular weight excluding hydrogens is 320 g/mol. The van der Waals surface area contributed by atoms with E-state index in [1.165, 1.54) is 19.0 Å². The van der Waals surface area contributed by atoms with E-state index in [0.717, 1.165) is 37.8 Å². The van der Waals surface area contributed by atoms with Crippen LogP contribution in [0.1, 0.15) is 29.0 Å². The topological polar surface area (TPSA) is 78.6 Å². The van der Waals surface area contributed by atoms with Gasteiger partial charge in [-0.05, 0) is 19.8 Å². The third-order valence-corrected chi connectivity index (χ3v) is 4.94. The number of nitrogens with zero attached hydrogens (tertiary/aromatic N) is 6. The largest absolute Gasteiger partial charge is 0.361 e.